The Hall–Kier alpha value is -1.48. The third-order valence-electron chi connectivity index (χ3n) is 3.53. The van der Waals surface area contributed by atoms with Crippen LogP contribution in [0.4, 0.5) is 5.69 Å². The van der Waals surface area contributed by atoms with E-state index in [4.69, 9.17) is 4.74 Å². The molecule has 1 unspecified atom stereocenters. The fourth-order valence-electron chi connectivity index (χ4n) is 2.57. The average molecular weight is 259 g/mol. The van der Waals surface area contributed by atoms with Crippen LogP contribution < -0.4 is 10.1 Å². The molecule has 3 rings (SSSR count). The van der Waals surface area contributed by atoms with Crippen LogP contribution in [0.1, 0.15) is 17.5 Å². The smallest absolute Gasteiger partial charge is 0.119 e. The zero-order valence-electron chi connectivity index (χ0n) is 10.5. The predicted octanol–water partition coefficient (Wildman–Crippen LogP) is 3.73. The molecule has 0 radical (unpaired) electrons. The SMILES string of the molecule is COc1ccc2c(c1)CC(Nc1ccsc1)CC2. The molecule has 0 amide bonds. The molecule has 1 heterocycles. The van der Waals surface area contributed by atoms with Gasteiger partial charge in [0.2, 0.25) is 0 Å². The summed E-state index contributed by atoms with van der Waals surface area (Å²) in [6.07, 6.45) is 3.44. The molecule has 2 aromatic rings. The molecular weight excluding hydrogens is 242 g/mol. The van der Waals surface area contributed by atoms with Gasteiger partial charge in [-0.1, -0.05) is 6.07 Å². The Kier molecular flexibility index (Phi) is 3.24. The summed E-state index contributed by atoms with van der Waals surface area (Å²) in [5, 5.41) is 7.89. The fraction of sp³-hybridized carbons (Fsp3) is 0.333. The minimum Gasteiger partial charge on any atom is -0.497 e. The van der Waals surface area contributed by atoms with Gasteiger partial charge in [0.25, 0.3) is 0 Å². The molecule has 94 valence electrons. The van der Waals surface area contributed by atoms with E-state index in [1.165, 1.54) is 23.2 Å². The van der Waals surface area contributed by atoms with Crippen LogP contribution in [0.3, 0.4) is 0 Å². The number of hydrogen-bond acceptors (Lipinski definition) is 3. The molecule has 1 aliphatic rings. The summed E-state index contributed by atoms with van der Waals surface area (Å²) in [4.78, 5) is 0. The molecule has 1 aliphatic carbocycles. The first-order valence-corrected chi connectivity index (χ1v) is 7.24. The van der Waals surface area contributed by atoms with E-state index in [1.54, 1.807) is 18.4 Å². The number of ether oxygens (including phenoxy) is 1. The van der Waals surface area contributed by atoms with Gasteiger partial charge in [0, 0.05) is 17.1 Å². The van der Waals surface area contributed by atoms with Crippen LogP contribution in [0, 0.1) is 0 Å². The lowest BCUT2D eigenvalue weighted by Crippen LogP contribution is -2.27. The van der Waals surface area contributed by atoms with Crippen LogP contribution in [-0.2, 0) is 12.8 Å². The number of benzene rings is 1. The molecule has 0 bridgehead atoms. The van der Waals surface area contributed by atoms with E-state index in [-0.39, 0.29) is 0 Å². The average Bonchev–Trinajstić information content (AvgIpc) is 2.90. The molecule has 1 aromatic heterocycles. The first-order chi connectivity index (χ1) is 8.85. The molecule has 1 aromatic carbocycles. The van der Waals surface area contributed by atoms with Gasteiger partial charge in [0.1, 0.15) is 5.75 Å². The van der Waals surface area contributed by atoms with Gasteiger partial charge in [0.15, 0.2) is 0 Å². The van der Waals surface area contributed by atoms with Crippen molar-refractivity contribution in [3.8, 4) is 5.75 Å². The number of aryl methyl sites for hydroxylation is 1. The molecule has 0 saturated carbocycles. The largest absolute Gasteiger partial charge is 0.497 e. The van der Waals surface area contributed by atoms with Crippen LogP contribution >= 0.6 is 11.3 Å². The van der Waals surface area contributed by atoms with Crippen LogP contribution in [-0.4, -0.2) is 13.2 Å². The Labute approximate surface area is 112 Å². The van der Waals surface area contributed by atoms with E-state index < -0.39 is 0 Å². The number of nitrogens with one attached hydrogen (secondary N) is 1. The zero-order valence-corrected chi connectivity index (χ0v) is 11.3. The topological polar surface area (TPSA) is 21.3 Å². The van der Waals surface area contributed by atoms with Crippen molar-refractivity contribution in [1.82, 2.24) is 0 Å². The van der Waals surface area contributed by atoms with Gasteiger partial charge in [0.05, 0.1) is 7.11 Å². The highest BCUT2D eigenvalue weighted by Crippen LogP contribution is 2.27. The Morgan fingerprint density at radius 3 is 3.00 bits per heavy atom. The minimum absolute atomic E-state index is 0.541. The maximum absolute atomic E-state index is 5.30. The Bertz CT molecular complexity index is 521. The monoisotopic (exact) mass is 259 g/mol. The molecule has 0 fully saturated rings. The fourth-order valence-corrected chi connectivity index (χ4v) is 3.16. The highest BCUT2D eigenvalue weighted by atomic mass is 32.1. The first-order valence-electron chi connectivity index (χ1n) is 6.29. The van der Waals surface area contributed by atoms with Gasteiger partial charge < -0.3 is 10.1 Å². The third-order valence-corrected chi connectivity index (χ3v) is 4.22. The number of anilines is 1. The van der Waals surface area contributed by atoms with Crippen LogP contribution in [0.15, 0.2) is 35.0 Å². The van der Waals surface area contributed by atoms with Crippen molar-refractivity contribution in [3.63, 3.8) is 0 Å². The number of thiophene rings is 1. The van der Waals surface area contributed by atoms with Crippen molar-refractivity contribution in [2.24, 2.45) is 0 Å². The van der Waals surface area contributed by atoms with E-state index in [0.717, 1.165) is 18.6 Å². The molecular formula is C15H17NOS. The van der Waals surface area contributed by atoms with Gasteiger partial charge >= 0.3 is 0 Å². The molecule has 0 spiro atoms. The number of hydrogen-bond donors (Lipinski definition) is 1. The van der Waals surface area contributed by atoms with Gasteiger partial charge in [-0.3, -0.25) is 0 Å². The van der Waals surface area contributed by atoms with Crippen molar-refractivity contribution in [1.29, 1.82) is 0 Å². The number of rotatable bonds is 3. The normalized spacial score (nSPS) is 18.2. The van der Waals surface area contributed by atoms with Gasteiger partial charge in [-0.25, -0.2) is 0 Å². The van der Waals surface area contributed by atoms with Gasteiger partial charge in [-0.15, -0.1) is 0 Å². The maximum atomic E-state index is 5.30. The van der Waals surface area contributed by atoms with E-state index >= 15 is 0 Å². The lowest BCUT2D eigenvalue weighted by atomic mass is 9.88. The molecule has 1 atom stereocenters. The number of methoxy groups -OCH3 is 1. The van der Waals surface area contributed by atoms with Crippen LogP contribution in [0.25, 0.3) is 0 Å². The predicted molar refractivity (Wildman–Crippen MR) is 76.7 cm³/mol. The maximum Gasteiger partial charge on any atom is 0.119 e. The summed E-state index contributed by atoms with van der Waals surface area (Å²) < 4.78 is 5.30. The highest BCUT2D eigenvalue weighted by Gasteiger charge is 2.18. The Balaban J connectivity index is 1.75. The van der Waals surface area contributed by atoms with E-state index in [1.807, 2.05) is 0 Å². The molecule has 18 heavy (non-hydrogen) atoms. The van der Waals surface area contributed by atoms with Crippen molar-refractivity contribution >= 4 is 17.0 Å². The second-order valence-corrected chi connectivity index (χ2v) is 5.51. The minimum atomic E-state index is 0.541. The lowest BCUT2D eigenvalue weighted by Gasteiger charge is -2.26. The summed E-state index contributed by atoms with van der Waals surface area (Å²) in [5.74, 6) is 0.963. The molecule has 2 nitrogen and oxygen atoms in total. The zero-order chi connectivity index (χ0) is 12.4. The summed E-state index contributed by atoms with van der Waals surface area (Å²) >= 11 is 1.74. The third kappa shape index (κ3) is 2.36. The molecule has 0 saturated heterocycles. The summed E-state index contributed by atoms with van der Waals surface area (Å²) in [5.41, 5.74) is 4.14. The molecule has 0 aliphatic heterocycles. The standard InChI is InChI=1S/C15H17NOS/c1-17-15-5-3-11-2-4-13(8-12(11)9-15)16-14-6-7-18-10-14/h3,5-7,9-10,13,16H,2,4,8H2,1H3. The van der Waals surface area contributed by atoms with Crippen molar-refractivity contribution in [2.75, 3.05) is 12.4 Å². The summed E-state index contributed by atoms with van der Waals surface area (Å²) in [7, 11) is 1.73. The van der Waals surface area contributed by atoms with E-state index in [9.17, 15) is 0 Å². The quantitative estimate of drug-likeness (QED) is 0.907. The van der Waals surface area contributed by atoms with Crippen LogP contribution in [0.2, 0.25) is 0 Å². The Morgan fingerprint density at radius 1 is 1.28 bits per heavy atom. The lowest BCUT2D eigenvalue weighted by molar-refractivity contribution is 0.413. The van der Waals surface area contributed by atoms with Gasteiger partial charge in [-0.2, -0.15) is 11.3 Å². The number of fused-ring (bicyclic) bond motifs is 1. The van der Waals surface area contributed by atoms with Crippen molar-refractivity contribution in [2.45, 2.75) is 25.3 Å². The van der Waals surface area contributed by atoms with E-state index in [2.05, 4.69) is 40.3 Å². The highest BCUT2D eigenvalue weighted by molar-refractivity contribution is 7.08. The first kappa shape index (κ1) is 11.6. The second-order valence-electron chi connectivity index (χ2n) is 4.73. The summed E-state index contributed by atoms with van der Waals surface area (Å²) in [6.45, 7) is 0. The summed E-state index contributed by atoms with van der Waals surface area (Å²) in [6, 6.07) is 9.13. The van der Waals surface area contributed by atoms with Crippen LogP contribution in [0.5, 0.6) is 5.75 Å². The van der Waals surface area contributed by atoms with Gasteiger partial charge in [-0.05, 0) is 54.0 Å². The molecule has 1 N–H and O–H groups in total. The second kappa shape index (κ2) is 5.02. The Morgan fingerprint density at radius 2 is 2.22 bits per heavy atom. The van der Waals surface area contributed by atoms with E-state index in [0.29, 0.717) is 6.04 Å². The molecule has 3 heteroatoms. The van der Waals surface area contributed by atoms with Crippen molar-refractivity contribution < 1.29 is 4.74 Å². The van der Waals surface area contributed by atoms with Crippen molar-refractivity contribution in [3.05, 3.63) is 46.2 Å².